The zero-order valence-electron chi connectivity index (χ0n) is 7.31. The molecule has 0 atom stereocenters. The molecule has 0 aromatic carbocycles. The van der Waals surface area contributed by atoms with Gasteiger partial charge in [-0.05, 0) is 19.4 Å². The number of carbonyl (C=O) groups is 1. The Balaban J connectivity index is 4.12. The van der Waals surface area contributed by atoms with Crippen molar-refractivity contribution >= 4 is 5.97 Å². The van der Waals surface area contributed by atoms with E-state index in [1.165, 1.54) is 7.11 Å². The van der Waals surface area contributed by atoms with Crippen molar-refractivity contribution < 1.29 is 9.53 Å². The Morgan fingerprint density at radius 2 is 2.18 bits per heavy atom. The molecule has 0 aromatic rings. The van der Waals surface area contributed by atoms with Crippen LogP contribution in [0, 0.1) is 0 Å². The molecule has 2 heteroatoms. The lowest BCUT2D eigenvalue weighted by Crippen LogP contribution is -2.01. The smallest absolute Gasteiger partial charge is 0.309 e. The van der Waals surface area contributed by atoms with Crippen molar-refractivity contribution in [3.63, 3.8) is 0 Å². The highest BCUT2D eigenvalue weighted by Crippen LogP contribution is 2.11. The fourth-order valence-electron chi connectivity index (χ4n) is 0.727. The van der Waals surface area contributed by atoms with Gasteiger partial charge in [0.05, 0.1) is 13.5 Å². The fourth-order valence-corrected chi connectivity index (χ4v) is 0.727. The van der Waals surface area contributed by atoms with Crippen molar-refractivity contribution in [2.24, 2.45) is 0 Å². The molecule has 0 spiro atoms. The van der Waals surface area contributed by atoms with E-state index in [9.17, 15) is 4.79 Å². The number of carbonyl (C=O) groups excluding carboxylic acids is 1. The maximum atomic E-state index is 10.8. The average molecular weight is 154 g/mol. The first-order valence-electron chi connectivity index (χ1n) is 3.49. The van der Waals surface area contributed by atoms with Gasteiger partial charge in [-0.1, -0.05) is 18.2 Å². The number of hydrogen-bond donors (Lipinski definition) is 0. The molecule has 0 aliphatic carbocycles. The normalized spacial score (nSPS) is 11.0. The second kappa shape index (κ2) is 4.72. The topological polar surface area (TPSA) is 26.3 Å². The maximum absolute atomic E-state index is 10.8. The van der Waals surface area contributed by atoms with E-state index in [0.717, 1.165) is 11.1 Å². The van der Waals surface area contributed by atoms with E-state index >= 15 is 0 Å². The van der Waals surface area contributed by atoms with Crippen LogP contribution in [-0.4, -0.2) is 13.1 Å². The largest absolute Gasteiger partial charge is 0.469 e. The Hall–Kier alpha value is -1.05. The first kappa shape index (κ1) is 9.95. The first-order chi connectivity index (χ1) is 5.11. The van der Waals surface area contributed by atoms with Crippen molar-refractivity contribution in [2.75, 3.05) is 7.11 Å². The van der Waals surface area contributed by atoms with E-state index in [-0.39, 0.29) is 5.97 Å². The van der Waals surface area contributed by atoms with E-state index in [1.54, 1.807) is 0 Å². The fraction of sp³-hybridized carbons (Fsp3) is 0.444. The summed E-state index contributed by atoms with van der Waals surface area (Å²) in [5.41, 5.74) is 1.86. The molecule has 0 aromatic heterocycles. The lowest BCUT2D eigenvalue weighted by Gasteiger charge is -2.03. The third-order valence-electron chi connectivity index (χ3n) is 1.46. The molecule has 0 aliphatic rings. The molecule has 2 nitrogen and oxygen atoms in total. The van der Waals surface area contributed by atoms with Crippen LogP contribution in [0.4, 0.5) is 0 Å². The minimum Gasteiger partial charge on any atom is -0.469 e. The zero-order chi connectivity index (χ0) is 8.85. The van der Waals surface area contributed by atoms with Crippen LogP contribution < -0.4 is 0 Å². The number of allylic oxidation sites excluding steroid dienone is 2. The number of esters is 1. The lowest BCUT2D eigenvalue weighted by atomic mass is 10.1. The molecule has 0 heterocycles. The Morgan fingerprint density at radius 1 is 1.64 bits per heavy atom. The zero-order valence-corrected chi connectivity index (χ0v) is 7.31. The van der Waals surface area contributed by atoms with Gasteiger partial charge < -0.3 is 4.74 Å². The van der Waals surface area contributed by atoms with Crippen molar-refractivity contribution in [3.05, 3.63) is 23.8 Å². The molecule has 0 radical (unpaired) electrons. The van der Waals surface area contributed by atoms with Crippen LogP contribution in [0.25, 0.3) is 0 Å². The predicted molar refractivity (Wildman–Crippen MR) is 45.2 cm³/mol. The average Bonchev–Trinajstić information content (AvgIpc) is 1.99. The standard InChI is InChI=1S/C9H14O2/c1-5-8(7(2)3)6-9(10)11-4/h5H,2,6H2,1,3-4H3/b8-5+. The van der Waals surface area contributed by atoms with Gasteiger partial charge in [0, 0.05) is 0 Å². The van der Waals surface area contributed by atoms with Gasteiger partial charge in [-0.3, -0.25) is 4.79 Å². The molecule has 11 heavy (non-hydrogen) atoms. The number of ether oxygens (including phenoxy) is 1. The molecule has 0 aliphatic heterocycles. The van der Waals surface area contributed by atoms with Gasteiger partial charge in [0.2, 0.25) is 0 Å². The van der Waals surface area contributed by atoms with E-state index in [0.29, 0.717) is 6.42 Å². The number of rotatable bonds is 3. The van der Waals surface area contributed by atoms with E-state index in [4.69, 9.17) is 0 Å². The second-order valence-electron chi connectivity index (χ2n) is 2.35. The Morgan fingerprint density at radius 3 is 2.45 bits per heavy atom. The molecule has 0 unspecified atom stereocenters. The van der Waals surface area contributed by atoms with E-state index in [2.05, 4.69) is 11.3 Å². The molecule has 0 fully saturated rings. The molecule has 0 saturated heterocycles. The Bertz CT molecular complexity index is 190. The molecular weight excluding hydrogens is 140 g/mol. The van der Waals surface area contributed by atoms with Gasteiger partial charge in [0.1, 0.15) is 0 Å². The van der Waals surface area contributed by atoms with Crippen molar-refractivity contribution in [1.82, 2.24) is 0 Å². The van der Waals surface area contributed by atoms with Gasteiger partial charge in [0.25, 0.3) is 0 Å². The van der Waals surface area contributed by atoms with Crippen molar-refractivity contribution in [1.29, 1.82) is 0 Å². The van der Waals surface area contributed by atoms with Crippen LogP contribution in [-0.2, 0) is 9.53 Å². The first-order valence-corrected chi connectivity index (χ1v) is 3.49. The third kappa shape index (κ3) is 3.61. The van der Waals surface area contributed by atoms with Crippen LogP contribution in [0.5, 0.6) is 0 Å². The predicted octanol–water partition coefficient (Wildman–Crippen LogP) is 2.07. The maximum Gasteiger partial charge on any atom is 0.309 e. The van der Waals surface area contributed by atoms with Crippen LogP contribution in [0.2, 0.25) is 0 Å². The minimum absolute atomic E-state index is 0.221. The SMILES string of the molecule is C=C(C)/C(=C/C)CC(=O)OC. The van der Waals surface area contributed by atoms with Gasteiger partial charge in [-0.2, -0.15) is 0 Å². The second-order valence-corrected chi connectivity index (χ2v) is 2.35. The molecule has 0 amide bonds. The molecule has 0 bridgehead atoms. The van der Waals surface area contributed by atoms with Crippen LogP contribution in [0.1, 0.15) is 20.3 Å². The van der Waals surface area contributed by atoms with Crippen LogP contribution >= 0.6 is 0 Å². The quantitative estimate of drug-likeness (QED) is 0.459. The van der Waals surface area contributed by atoms with Crippen molar-refractivity contribution in [2.45, 2.75) is 20.3 Å². The number of methoxy groups -OCH3 is 1. The molecule has 0 rings (SSSR count). The summed E-state index contributed by atoms with van der Waals surface area (Å²) in [6.45, 7) is 7.49. The Kier molecular flexibility index (Phi) is 4.27. The van der Waals surface area contributed by atoms with Gasteiger partial charge in [-0.25, -0.2) is 0 Å². The lowest BCUT2D eigenvalue weighted by molar-refractivity contribution is -0.139. The third-order valence-corrected chi connectivity index (χ3v) is 1.46. The number of hydrogen-bond acceptors (Lipinski definition) is 2. The molecule has 0 N–H and O–H groups in total. The monoisotopic (exact) mass is 154 g/mol. The molecule has 62 valence electrons. The highest BCUT2D eigenvalue weighted by atomic mass is 16.5. The van der Waals surface area contributed by atoms with E-state index < -0.39 is 0 Å². The highest BCUT2D eigenvalue weighted by molar-refractivity contribution is 5.73. The summed E-state index contributed by atoms with van der Waals surface area (Å²) in [5, 5.41) is 0. The highest BCUT2D eigenvalue weighted by Gasteiger charge is 2.04. The minimum atomic E-state index is -0.221. The molecular formula is C9H14O2. The van der Waals surface area contributed by atoms with Crippen LogP contribution in [0.15, 0.2) is 23.8 Å². The Labute approximate surface area is 67.6 Å². The van der Waals surface area contributed by atoms with Crippen molar-refractivity contribution in [3.8, 4) is 0 Å². The summed E-state index contributed by atoms with van der Waals surface area (Å²) in [4.78, 5) is 10.8. The summed E-state index contributed by atoms with van der Waals surface area (Å²) >= 11 is 0. The summed E-state index contributed by atoms with van der Waals surface area (Å²) in [7, 11) is 1.38. The van der Waals surface area contributed by atoms with Gasteiger partial charge >= 0.3 is 5.97 Å². The summed E-state index contributed by atoms with van der Waals surface area (Å²) < 4.78 is 4.51. The summed E-state index contributed by atoms with van der Waals surface area (Å²) in [6, 6.07) is 0. The summed E-state index contributed by atoms with van der Waals surface area (Å²) in [6.07, 6.45) is 2.20. The van der Waals surface area contributed by atoms with E-state index in [1.807, 2.05) is 19.9 Å². The summed E-state index contributed by atoms with van der Waals surface area (Å²) in [5.74, 6) is -0.221. The van der Waals surface area contributed by atoms with Gasteiger partial charge in [-0.15, -0.1) is 0 Å². The van der Waals surface area contributed by atoms with Gasteiger partial charge in [0.15, 0.2) is 0 Å². The molecule has 0 saturated carbocycles. The van der Waals surface area contributed by atoms with Crippen LogP contribution in [0.3, 0.4) is 0 Å².